The second kappa shape index (κ2) is 8.96. The highest BCUT2D eigenvalue weighted by atomic mass is 32.1. The number of carbonyl (C=O) groups excluding carboxylic acids is 1. The molecule has 0 bridgehead atoms. The van der Waals surface area contributed by atoms with Crippen LogP contribution < -0.4 is 9.64 Å². The second-order valence-corrected chi connectivity index (χ2v) is 8.57. The normalized spacial score (nSPS) is 14.0. The fourth-order valence-electron chi connectivity index (χ4n) is 4.09. The number of ether oxygens (including phenoxy) is 1. The first-order chi connectivity index (χ1) is 15.7. The molecule has 0 unspecified atom stereocenters. The molecular formula is C25H24N4O2S. The van der Waals surface area contributed by atoms with Crippen LogP contribution in [0, 0.1) is 0 Å². The molecule has 5 rings (SSSR count). The first-order valence-corrected chi connectivity index (χ1v) is 11.7. The van der Waals surface area contributed by atoms with Gasteiger partial charge in [0.1, 0.15) is 11.4 Å². The van der Waals surface area contributed by atoms with Crippen molar-refractivity contribution in [3.05, 3.63) is 71.6 Å². The molecule has 0 saturated carbocycles. The molecule has 4 aromatic rings. The van der Waals surface area contributed by atoms with Gasteiger partial charge in [-0.2, -0.15) is 0 Å². The van der Waals surface area contributed by atoms with Gasteiger partial charge in [0, 0.05) is 26.2 Å². The van der Waals surface area contributed by atoms with Crippen molar-refractivity contribution in [3.8, 4) is 16.3 Å². The third-order valence-corrected chi connectivity index (χ3v) is 6.61. The number of carbonyl (C=O) groups is 1. The van der Waals surface area contributed by atoms with Crippen molar-refractivity contribution < 1.29 is 9.53 Å². The molecule has 1 aliphatic rings. The fraction of sp³-hybridized carbons (Fsp3) is 0.240. The smallest absolute Gasteiger partial charge is 0.258 e. The van der Waals surface area contributed by atoms with Gasteiger partial charge < -0.3 is 14.5 Å². The summed E-state index contributed by atoms with van der Waals surface area (Å²) in [5, 5.41) is 12.8. The lowest BCUT2D eigenvalue weighted by Gasteiger charge is -2.35. The van der Waals surface area contributed by atoms with Gasteiger partial charge in [0.2, 0.25) is 0 Å². The highest BCUT2D eigenvalue weighted by Crippen LogP contribution is 2.30. The molecular weight excluding hydrogens is 420 g/mol. The second-order valence-electron chi connectivity index (χ2n) is 7.63. The number of fused-ring (bicyclic) bond motifs is 1. The van der Waals surface area contributed by atoms with Crippen LogP contribution in [0.15, 0.2) is 66.0 Å². The van der Waals surface area contributed by atoms with Crippen molar-refractivity contribution in [2.24, 2.45) is 0 Å². The number of piperazine rings is 1. The molecule has 2 aromatic carbocycles. The van der Waals surface area contributed by atoms with Crippen molar-refractivity contribution in [2.75, 3.05) is 37.7 Å². The predicted octanol–water partition coefficient (Wildman–Crippen LogP) is 4.72. The van der Waals surface area contributed by atoms with Crippen LogP contribution in [0.4, 0.5) is 5.82 Å². The number of amides is 1. The highest BCUT2D eigenvalue weighted by Gasteiger charge is 2.26. The van der Waals surface area contributed by atoms with Crippen LogP contribution >= 0.6 is 11.3 Å². The van der Waals surface area contributed by atoms with Crippen LogP contribution in [-0.4, -0.2) is 53.8 Å². The number of benzene rings is 2. The van der Waals surface area contributed by atoms with E-state index >= 15 is 0 Å². The maximum Gasteiger partial charge on any atom is 0.258 e. The Bertz CT molecular complexity index is 1220. The average Bonchev–Trinajstić information content (AvgIpc) is 3.39. The van der Waals surface area contributed by atoms with Gasteiger partial charge in [0.25, 0.3) is 5.91 Å². The number of aromatic nitrogens is 2. The molecule has 0 spiro atoms. The zero-order valence-corrected chi connectivity index (χ0v) is 18.7. The van der Waals surface area contributed by atoms with E-state index in [9.17, 15) is 4.79 Å². The van der Waals surface area contributed by atoms with E-state index in [0.29, 0.717) is 44.1 Å². The Morgan fingerprint density at radius 3 is 2.53 bits per heavy atom. The monoisotopic (exact) mass is 444 g/mol. The standard InChI is InChI=1S/C25H24N4O2S/c1-2-31-21-11-9-18-6-3-4-7-19(18)24(21)25(30)29-15-13-28(14-16-29)23-12-10-20(26-27-23)22-8-5-17-32-22/h3-12,17H,2,13-16H2,1H3. The lowest BCUT2D eigenvalue weighted by Crippen LogP contribution is -2.49. The van der Waals surface area contributed by atoms with Crippen LogP contribution in [-0.2, 0) is 0 Å². The number of rotatable bonds is 5. The number of anilines is 1. The topological polar surface area (TPSA) is 58.6 Å². The summed E-state index contributed by atoms with van der Waals surface area (Å²) >= 11 is 1.65. The Morgan fingerprint density at radius 1 is 0.969 bits per heavy atom. The Balaban J connectivity index is 1.32. The van der Waals surface area contributed by atoms with E-state index in [4.69, 9.17) is 4.74 Å². The Morgan fingerprint density at radius 2 is 1.81 bits per heavy atom. The summed E-state index contributed by atoms with van der Waals surface area (Å²) in [5.41, 5.74) is 1.54. The maximum absolute atomic E-state index is 13.5. The van der Waals surface area contributed by atoms with E-state index in [1.54, 1.807) is 11.3 Å². The first-order valence-electron chi connectivity index (χ1n) is 10.8. The summed E-state index contributed by atoms with van der Waals surface area (Å²) in [7, 11) is 0. The molecule has 0 atom stereocenters. The number of hydrogen-bond donors (Lipinski definition) is 0. The van der Waals surface area contributed by atoms with E-state index in [1.165, 1.54) is 0 Å². The van der Waals surface area contributed by atoms with Crippen molar-refractivity contribution in [1.82, 2.24) is 15.1 Å². The minimum absolute atomic E-state index is 0.0176. The highest BCUT2D eigenvalue weighted by molar-refractivity contribution is 7.13. The Labute approximate surface area is 191 Å². The van der Waals surface area contributed by atoms with Crippen molar-refractivity contribution in [1.29, 1.82) is 0 Å². The molecule has 0 aliphatic carbocycles. The van der Waals surface area contributed by atoms with Crippen LogP contribution in [0.5, 0.6) is 5.75 Å². The van der Waals surface area contributed by atoms with Crippen LogP contribution in [0.1, 0.15) is 17.3 Å². The predicted molar refractivity (Wildman–Crippen MR) is 129 cm³/mol. The third-order valence-electron chi connectivity index (χ3n) is 5.72. The van der Waals surface area contributed by atoms with Crippen molar-refractivity contribution in [3.63, 3.8) is 0 Å². The Kier molecular flexibility index (Phi) is 5.73. The molecule has 1 aliphatic heterocycles. The number of hydrogen-bond acceptors (Lipinski definition) is 6. The summed E-state index contributed by atoms with van der Waals surface area (Å²) in [4.78, 5) is 18.7. The molecule has 7 heteroatoms. The molecule has 3 heterocycles. The fourth-order valence-corrected chi connectivity index (χ4v) is 4.78. The lowest BCUT2D eigenvalue weighted by atomic mass is 10.0. The Hall–Kier alpha value is -3.45. The van der Waals surface area contributed by atoms with Gasteiger partial charge in [0.05, 0.1) is 17.0 Å². The van der Waals surface area contributed by atoms with Gasteiger partial charge in [-0.15, -0.1) is 21.5 Å². The van der Waals surface area contributed by atoms with E-state index in [-0.39, 0.29) is 5.91 Å². The molecule has 32 heavy (non-hydrogen) atoms. The van der Waals surface area contributed by atoms with Gasteiger partial charge >= 0.3 is 0 Å². The van der Waals surface area contributed by atoms with E-state index < -0.39 is 0 Å². The maximum atomic E-state index is 13.5. The summed E-state index contributed by atoms with van der Waals surface area (Å²) in [6.07, 6.45) is 0. The summed E-state index contributed by atoms with van der Waals surface area (Å²) < 4.78 is 5.81. The summed E-state index contributed by atoms with van der Waals surface area (Å²) in [6.45, 7) is 5.14. The zero-order chi connectivity index (χ0) is 21.9. The van der Waals surface area contributed by atoms with Gasteiger partial charge in [-0.05, 0) is 47.3 Å². The van der Waals surface area contributed by atoms with E-state index in [2.05, 4.69) is 15.1 Å². The van der Waals surface area contributed by atoms with Gasteiger partial charge in [-0.25, -0.2) is 0 Å². The third kappa shape index (κ3) is 3.91. The molecule has 1 fully saturated rings. The molecule has 0 radical (unpaired) electrons. The molecule has 6 nitrogen and oxygen atoms in total. The van der Waals surface area contributed by atoms with Crippen LogP contribution in [0.3, 0.4) is 0 Å². The minimum atomic E-state index is 0.0176. The molecule has 162 valence electrons. The molecule has 0 N–H and O–H groups in total. The van der Waals surface area contributed by atoms with Gasteiger partial charge in [-0.1, -0.05) is 36.4 Å². The van der Waals surface area contributed by atoms with Crippen molar-refractivity contribution >= 4 is 33.8 Å². The number of nitrogens with zero attached hydrogens (tertiary/aromatic N) is 4. The van der Waals surface area contributed by atoms with E-state index in [1.807, 2.05) is 77.9 Å². The summed E-state index contributed by atoms with van der Waals surface area (Å²) in [5.74, 6) is 1.51. The first kappa shape index (κ1) is 20.5. The lowest BCUT2D eigenvalue weighted by molar-refractivity contribution is 0.0744. The average molecular weight is 445 g/mol. The zero-order valence-electron chi connectivity index (χ0n) is 17.9. The molecule has 2 aromatic heterocycles. The molecule has 1 amide bonds. The van der Waals surface area contributed by atoms with Crippen molar-refractivity contribution in [2.45, 2.75) is 6.92 Å². The van der Waals surface area contributed by atoms with Gasteiger partial charge in [0.15, 0.2) is 5.82 Å². The minimum Gasteiger partial charge on any atom is -0.493 e. The SMILES string of the molecule is CCOc1ccc2ccccc2c1C(=O)N1CCN(c2ccc(-c3cccs3)nn2)CC1. The largest absolute Gasteiger partial charge is 0.493 e. The van der Waals surface area contributed by atoms with E-state index in [0.717, 1.165) is 27.2 Å². The number of thiophene rings is 1. The van der Waals surface area contributed by atoms with Gasteiger partial charge in [-0.3, -0.25) is 4.79 Å². The summed E-state index contributed by atoms with van der Waals surface area (Å²) in [6, 6.07) is 20.0. The van der Waals surface area contributed by atoms with Crippen LogP contribution in [0.2, 0.25) is 0 Å². The quantitative estimate of drug-likeness (QED) is 0.446. The van der Waals surface area contributed by atoms with Crippen LogP contribution in [0.25, 0.3) is 21.3 Å². The molecule has 1 saturated heterocycles.